The quantitative estimate of drug-likeness (QED) is 0.785. The molecule has 0 saturated heterocycles. The zero-order chi connectivity index (χ0) is 19.0. The van der Waals surface area contributed by atoms with Crippen LogP contribution in [0.3, 0.4) is 0 Å². The maximum absolute atomic E-state index is 12.9. The minimum Gasteiger partial charge on any atom is -0.493 e. The fourth-order valence-electron chi connectivity index (χ4n) is 4.26. The van der Waals surface area contributed by atoms with E-state index in [9.17, 15) is 9.59 Å². The van der Waals surface area contributed by atoms with E-state index in [1.807, 2.05) is 0 Å². The first-order valence-corrected chi connectivity index (χ1v) is 9.16. The molecule has 3 atom stereocenters. The molecule has 4 rings (SSSR count). The number of nitrogens with zero attached hydrogens (tertiary/aromatic N) is 2. The fourth-order valence-corrected chi connectivity index (χ4v) is 4.26. The molecular formula is C20H23N3O4. The molecule has 2 bridgehead atoms. The average Bonchev–Trinajstić information content (AvgIpc) is 3.31. The second-order valence-corrected chi connectivity index (χ2v) is 7.22. The smallest absolute Gasteiger partial charge is 0.279 e. The number of amides is 1. The Morgan fingerprint density at radius 1 is 1.26 bits per heavy atom. The highest BCUT2D eigenvalue weighted by molar-refractivity contribution is 5.89. The first-order chi connectivity index (χ1) is 13.1. The highest BCUT2D eigenvalue weighted by Crippen LogP contribution is 2.42. The Labute approximate surface area is 157 Å². The van der Waals surface area contributed by atoms with E-state index in [0.717, 1.165) is 6.42 Å². The monoisotopic (exact) mass is 369 g/mol. The Morgan fingerprint density at radius 3 is 2.78 bits per heavy atom. The number of rotatable bonds is 6. The van der Waals surface area contributed by atoms with Crippen molar-refractivity contribution >= 4 is 16.7 Å². The average molecular weight is 369 g/mol. The van der Waals surface area contributed by atoms with E-state index in [1.54, 1.807) is 18.3 Å². The number of nitrogens with one attached hydrogen (secondary N) is 1. The third-order valence-electron chi connectivity index (χ3n) is 5.63. The van der Waals surface area contributed by atoms with E-state index in [2.05, 4.69) is 22.6 Å². The van der Waals surface area contributed by atoms with Crippen molar-refractivity contribution in [2.45, 2.75) is 19.4 Å². The minimum absolute atomic E-state index is 0.119. The van der Waals surface area contributed by atoms with Crippen molar-refractivity contribution in [1.29, 1.82) is 0 Å². The second-order valence-electron chi connectivity index (χ2n) is 7.22. The summed E-state index contributed by atoms with van der Waals surface area (Å²) < 4.78 is 11.8. The molecule has 27 heavy (non-hydrogen) atoms. The van der Waals surface area contributed by atoms with Crippen molar-refractivity contribution in [2.24, 2.45) is 17.8 Å². The predicted molar refractivity (Wildman–Crippen MR) is 101 cm³/mol. The van der Waals surface area contributed by atoms with Crippen LogP contribution in [0.5, 0.6) is 11.5 Å². The third kappa shape index (κ3) is 3.18. The van der Waals surface area contributed by atoms with Gasteiger partial charge in [0.15, 0.2) is 11.5 Å². The molecule has 7 nitrogen and oxygen atoms in total. The summed E-state index contributed by atoms with van der Waals surface area (Å²) in [6.07, 6.45) is 8.44. The molecule has 1 fully saturated rings. The molecule has 142 valence electrons. The normalized spacial score (nSPS) is 23.0. The van der Waals surface area contributed by atoms with Crippen molar-refractivity contribution in [3.63, 3.8) is 0 Å². The molecular weight excluding hydrogens is 346 g/mol. The molecule has 2 aliphatic carbocycles. The van der Waals surface area contributed by atoms with Crippen LogP contribution in [0.4, 0.5) is 0 Å². The van der Waals surface area contributed by atoms with Gasteiger partial charge in [-0.05, 0) is 42.7 Å². The van der Waals surface area contributed by atoms with Gasteiger partial charge in [-0.25, -0.2) is 4.68 Å². The lowest BCUT2D eigenvalue weighted by molar-refractivity contribution is -0.122. The number of benzene rings is 1. The standard InChI is InChI=1S/C20H23N3O4/c1-26-16-6-5-14-10-22-23(20(25)18(14)19(16)27-2)11-17(24)21-9-15-8-12-3-4-13(15)7-12/h3-6,10,12-13,15H,7-9,11H2,1-2H3,(H,21,24)/t12-,13+,15-/m0/s1. The van der Waals surface area contributed by atoms with Crippen LogP contribution in [0.15, 0.2) is 35.3 Å². The van der Waals surface area contributed by atoms with E-state index in [-0.39, 0.29) is 18.0 Å². The lowest BCUT2D eigenvalue weighted by Gasteiger charge is -2.18. The summed E-state index contributed by atoms with van der Waals surface area (Å²) in [6.45, 7) is 0.523. The lowest BCUT2D eigenvalue weighted by atomic mass is 9.94. The Bertz CT molecular complexity index is 966. The number of allylic oxidation sites excluding steroid dienone is 2. The molecule has 2 aliphatic rings. The van der Waals surface area contributed by atoms with Crippen LogP contribution in [0.25, 0.3) is 10.8 Å². The maximum atomic E-state index is 12.9. The molecule has 0 unspecified atom stereocenters. The summed E-state index contributed by atoms with van der Waals surface area (Å²) in [5.41, 5.74) is -0.374. The summed E-state index contributed by atoms with van der Waals surface area (Å²) in [5.74, 6) is 2.35. The van der Waals surface area contributed by atoms with Crippen LogP contribution in [-0.2, 0) is 11.3 Å². The van der Waals surface area contributed by atoms with Gasteiger partial charge in [0.05, 0.1) is 25.8 Å². The number of carbonyl (C=O) groups is 1. The Hall–Kier alpha value is -2.83. The van der Waals surface area contributed by atoms with E-state index in [1.165, 1.54) is 25.3 Å². The van der Waals surface area contributed by atoms with Crippen LogP contribution >= 0.6 is 0 Å². The Morgan fingerprint density at radius 2 is 2.11 bits per heavy atom. The molecule has 1 aromatic heterocycles. The molecule has 1 N–H and O–H groups in total. The zero-order valence-corrected chi connectivity index (χ0v) is 15.5. The molecule has 7 heteroatoms. The molecule has 0 aliphatic heterocycles. The Kier molecular flexibility index (Phi) is 4.59. The van der Waals surface area contributed by atoms with Crippen molar-refractivity contribution in [1.82, 2.24) is 15.1 Å². The van der Waals surface area contributed by atoms with Gasteiger partial charge >= 0.3 is 0 Å². The van der Waals surface area contributed by atoms with Crippen LogP contribution < -0.4 is 20.3 Å². The van der Waals surface area contributed by atoms with Gasteiger partial charge in [0.1, 0.15) is 6.54 Å². The number of methoxy groups -OCH3 is 2. The van der Waals surface area contributed by atoms with Crippen molar-refractivity contribution in [2.75, 3.05) is 20.8 Å². The first-order valence-electron chi connectivity index (χ1n) is 9.16. The molecule has 0 radical (unpaired) electrons. The molecule has 0 spiro atoms. The predicted octanol–water partition coefficient (Wildman–Crippen LogP) is 1.74. The first kappa shape index (κ1) is 17.6. The topological polar surface area (TPSA) is 82.5 Å². The number of hydrogen-bond acceptors (Lipinski definition) is 5. The molecule has 2 aromatic rings. The van der Waals surface area contributed by atoms with Crippen molar-refractivity contribution in [3.05, 3.63) is 40.8 Å². The maximum Gasteiger partial charge on any atom is 0.279 e. The minimum atomic E-state index is -0.374. The number of carbonyl (C=O) groups excluding carboxylic acids is 1. The van der Waals surface area contributed by atoms with Crippen molar-refractivity contribution < 1.29 is 14.3 Å². The number of aromatic nitrogens is 2. The summed E-state index contributed by atoms with van der Waals surface area (Å²) in [7, 11) is 3.00. The number of hydrogen-bond donors (Lipinski definition) is 1. The lowest BCUT2D eigenvalue weighted by Crippen LogP contribution is -2.36. The largest absolute Gasteiger partial charge is 0.493 e. The van der Waals surface area contributed by atoms with Crippen LogP contribution in [0, 0.1) is 17.8 Å². The van der Waals surface area contributed by atoms with Gasteiger partial charge in [-0.1, -0.05) is 12.2 Å². The SMILES string of the molecule is COc1ccc2cnn(CC(=O)NC[C@@H]3C[C@H]4C=C[C@@H]3C4)c(=O)c2c1OC. The van der Waals surface area contributed by atoms with Gasteiger partial charge in [0, 0.05) is 11.9 Å². The van der Waals surface area contributed by atoms with E-state index in [0.29, 0.717) is 46.6 Å². The van der Waals surface area contributed by atoms with Crippen LogP contribution in [0.1, 0.15) is 12.8 Å². The van der Waals surface area contributed by atoms with Gasteiger partial charge in [-0.3, -0.25) is 9.59 Å². The number of ether oxygens (including phenoxy) is 2. The third-order valence-corrected chi connectivity index (χ3v) is 5.63. The van der Waals surface area contributed by atoms with E-state index < -0.39 is 0 Å². The molecule has 1 heterocycles. The van der Waals surface area contributed by atoms with E-state index in [4.69, 9.17) is 9.47 Å². The van der Waals surface area contributed by atoms with Gasteiger partial charge in [0.2, 0.25) is 5.91 Å². The molecule has 1 aromatic carbocycles. The van der Waals surface area contributed by atoms with E-state index >= 15 is 0 Å². The highest BCUT2D eigenvalue weighted by atomic mass is 16.5. The van der Waals surface area contributed by atoms with Crippen molar-refractivity contribution in [3.8, 4) is 11.5 Å². The fraction of sp³-hybridized carbons (Fsp3) is 0.450. The van der Waals surface area contributed by atoms with Gasteiger partial charge in [-0.2, -0.15) is 5.10 Å². The van der Waals surface area contributed by atoms with Gasteiger partial charge in [0.25, 0.3) is 5.56 Å². The van der Waals surface area contributed by atoms with Gasteiger partial charge in [-0.15, -0.1) is 0 Å². The second kappa shape index (κ2) is 7.06. The summed E-state index contributed by atoms with van der Waals surface area (Å²) >= 11 is 0. The molecule has 1 amide bonds. The highest BCUT2D eigenvalue weighted by Gasteiger charge is 2.35. The zero-order valence-electron chi connectivity index (χ0n) is 15.5. The van der Waals surface area contributed by atoms with Crippen LogP contribution in [-0.4, -0.2) is 36.5 Å². The Balaban J connectivity index is 1.51. The summed E-state index contributed by atoms with van der Waals surface area (Å²) in [5, 5.41) is 8.09. The van der Waals surface area contributed by atoms with Gasteiger partial charge < -0.3 is 14.8 Å². The molecule has 1 saturated carbocycles. The number of fused-ring (bicyclic) bond motifs is 3. The summed E-state index contributed by atoms with van der Waals surface area (Å²) in [6, 6.07) is 3.47. The summed E-state index contributed by atoms with van der Waals surface area (Å²) in [4.78, 5) is 25.2. The van der Waals surface area contributed by atoms with Crippen LogP contribution in [0.2, 0.25) is 0 Å².